The molecular formula is C14H26O3. The summed E-state index contributed by atoms with van der Waals surface area (Å²) in [5, 5.41) is 26.6. The van der Waals surface area contributed by atoms with Crippen LogP contribution in [-0.2, 0) is 0 Å². The topological polar surface area (TPSA) is 60.7 Å². The van der Waals surface area contributed by atoms with Crippen molar-refractivity contribution in [2.75, 3.05) is 0 Å². The van der Waals surface area contributed by atoms with Crippen LogP contribution in [0, 0.1) is 0 Å². The van der Waals surface area contributed by atoms with Crippen LogP contribution >= 0.6 is 0 Å². The fourth-order valence-corrected chi connectivity index (χ4v) is 1.69. The van der Waals surface area contributed by atoms with E-state index in [9.17, 15) is 5.11 Å². The molecule has 0 aliphatic carbocycles. The summed E-state index contributed by atoms with van der Waals surface area (Å²) in [4.78, 5) is 0. The van der Waals surface area contributed by atoms with E-state index < -0.39 is 5.76 Å². The molecule has 0 heterocycles. The first-order chi connectivity index (χ1) is 8.22. The van der Waals surface area contributed by atoms with Crippen LogP contribution in [0.2, 0.25) is 0 Å². The lowest BCUT2D eigenvalue weighted by Crippen LogP contribution is -1.87. The summed E-state index contributed by atoms with van der Waals surface area (Å²) < 4.78 is 0. The molecule has 3 nitrogen and oxygen atoms in total. The van der Waals surface area contributed by atoms with Crippen LogP contribution in [0.1, 0.15) is 64.7 Å². The van der Waals surface area contributed by atoms with Crippen molar-refractivity contribution in [1.29, 1.82) is 0 Å². The van der Waals surface area contributed by atoms with Crippen LogP contribution in [0.15, 0.2) is 23.9 Å². The Morgan fingerprint density at radius 2 is 1.35 bits per heavy atom. The van der Waals surface area contributed by atoms with E-state index in [1.807, 2.05) is 0 Å². The predicted molar refractivity (Wildman–Crippen MR) is 71.3 cm³/mol. The Labute approximate surface area is 104 Å². The monoisotopic (exact) mass is 242 g/mol. The van der Waals surface area contributed by atoms with Crippen molar-refractivity contribution in [2.24, 2.45) is 0 Å². The van der Waals surface area contributed by atoms with Gasteiger partial charge in [-0.2, -0.15) is 0 Å². The van der Waals surface area contributed by atoms with Gasteiger partial charge in [-0.05, 0) is 18.9 Å². The van der Waals surface area contributed by atoms with Gasteiger partial charge in [-0.25, -0.2) is 0 Å². The smallest absolute Gasteiger partial charge is 0.192 e. The molecule has 0 amide bonds. The summed E-state index contributed by atoms with van der Waals surface area (Å²) >= 11 is 0. The van der Waals surface area contributed by atoms with Gasteiger partial charge in [0.05, 0.1) is 0 Å². The summed E-state index contributed by atoms with van der Waals surface area (Å²) in [5.41, 5.74) is 0. The van der Waals surface area contributed by atoms with Crippen molar-refractivity contribution >= 4 is 0 Å². The highest BCUT2D eigenvalue weighted by Gasteiger charge is 1.98. The Bertz CT molecular complexity index is 232. The maximum atomic E-state index is 9.20. The summed E-state index contributed by atoms with van der Waals surface area (Å²) in [6.07, 6.45) is 12.7. The van der Waals surface area contributed by atoms with Gasteiger partial charge in [-0.3, -0.25) is 0 Å². The zero-order valence-electron chi connectivity index (χ0n) is 10.9. The Morgan fingerprint density at radius 1 is 0.824 bits per heavy atom. The molecule has 17 heavy (non-hydrogen) atoms. The zero-order chi connectivity index (χ0) is 12.9. The van der Waals surface area contributed by atoms with Gasteiger partial charge >= 0.3 is 0 Å². The molecule has 0 aromatic rings. The van der Waals surface area contributed by atoms with Crippen molar-refractivity contribution in [1.82, 2.24) is 0 Å². The molecule has 3 N–H and O–H groups in total. The molecule has 3 heteroatoms. The third-order valence-corrected chi connectivity index (χ3v) is 2.78. The second-order valence-electron chi connectivity index (χ2n) is 4.37. The Kier molecular flexibility index (Phi) is 10.6. The minimum atomic E-state index is -0.468. The molecule has 0 aromatic heterocycles. The van der Waals surface area contributed by atoms with E-state index in [2.05, 4.69) is 6.92 Å². The lowest BCUT2D eigenvalue weighted by molar-refractivity contribution is 0.302. The SMILES string of the molecule is CCCCCCCCCCC=C(O)C(O)=CO. The highest BCUT2D eigenvalue weighted by molar-refractivity contribution is 5.14. The van der Waals surface area contributed by atoms with Crippen LogP contribution in [0.3, 0.4) is 0 Å². The van der Waals surface area contributed by atoms with Crippen molar-refractivity contribution in [3.63, 3.8) is 0 Å². The summed E-state index contributed by atoms with van der Waals surface area (Å²) in [7, 11) is 0. The van der Waals surface area contributed by atoms with Crippen LogP contribution in [0.25, 0.3) is 0 Å². The van der Waals surface area contributed by atoms with Gasteiger partial charge in [0, 0.05) is 0 Å². The van der Waals surface area contributed by atoms with E-state index >= 15 is 0 Å². The number of aliphatic hydroxyl groups is 3. The standard InChI is InChI=1S/C14H26O3/c1-2-3-4-5-6-7-8-9-10-11-13(16)14(17)12-15/h11-12,15-17H,2-10H2,1H3. The number of hydrogen-bond acceptors (Lipinski definition) is 3. The first kappa shape index (κ1) is 15.9. The average Bonchev–Trinajstić information content (AvgIpc) is 2.35. The molecule has 0 aliphatic rings. The number of unbranched alkanes of at least 4 members (excludes halogenated alkanes) is 8. The third-order valence-electron chi connectivity index (χ3n) is 2.78. The van der Waals surface area contributed by atoms with Gasteiger partial charge in [0.25, 0.3) is 0 Å². The number of hydrogen-bond donors (Lipinski definition) is 3. The average molecular weight is 242 g/mol. The molecule has 0 spiro atoms. The van der Waals surface area contributed by atoms with E-state index in [1.165, 1.54) is 38.5 Å². The Balaban J connectivity index is 3.35. The van der Waals surface area contributed by atoms with Gasteiger partial charge in [-0.1, -0.05) is 51.9 Å². The van der Waals surface area contributed by atoms with Crippen LogP contribution < -0.4 is 0 Å². The van der Waals surface area contributed by atoms with Gasteiger partial charge in [0.15, 0.2) is 11.5 Å². The molecule has 0 aromatic carbocycles. The van der Waals surface area contributed by atoms with Gasteiger partial charge < -0.3 is 15.3 Å². The van der Waals surface area contributed by atoms with Crippen molar-refractivity contribution in [2.45, 2.75) is 64.7 Å². The minimum absolute atomic E-state index is 0.240. The number of aliphatic hydroxyl groups excluding tert-OH is 3. The summed E-state index contributed by atoms with van der Waals surface area (Å²) in [6.45, 7) is 2.22. The van der Waals surface area contributed by atoms with Gasteiger partial charge in [0.1, 0.15) is 6.26 Å². The molecule has 0 rings (SSSR count). The lowest BCUT2D eigenvalue weighted by Gasteiger charge is -2.00. The van der Waals surface area contributed by atoms with Crippen LogP contribution in [-0.4, -0.2) is 15.3 Å². The van der Waals surface area contributed by atoms with E-state index in [1.54, 1.807) is 6.08 Å². The third kappa shape index (κ3) is 9.79. The van der Waals surface area contributed by atoms with Crippen molar-refractivity contribution in [3.05, 3.63) is 23.9 Å². The Morgan fingerprint density at radius 3 is 1.88 bits per heavy atom. The molecule has 0 unspecified atom stereocenters. The fourth-order valence-electron chi connectivity index (χ4n) is 1.69. The first-order valence-electron chi connectivity index (χ1n) is 6.65. The normalized spacial score (nSPS) is 13.0. The second-order valence-corrected chi connectivity index (χ2v) is 4.37. The fraction of sp³-hybridized carbons (Fsp3) is 0.714. The molecular weight excluding hydrogens is 216 g/mol. The maximum absolute atomic E-state index is 9.20. The molecule has 0 atom stereocenters. The van der Waals surface area contributed by atoms with Crippen molar-refractivity contribution < 1.29 is 15.3 Å². The first-order valence-corrected chi connectivity index (χ1v) is 6.65. The van der Waals surface area contributed by atoms with E-state index in [-0.39, 0.29) is 5.76 Å². The molecule has 0 saturated heterocycles. The van der Waals surface area contributed by atoms with E-state index in [0.29, 0.717) is 6.26 Å². The largest absolute Gasteiger partial charge is 0.512 e. The highest BCUT2D eigenvalue weighted by Crippen LogP contribution is 2.11. The Hall–Kier alpha value is -1.12. The van der Waals surface area contributed by atoms with E-state index in [0.717, 1.165) is 19.3 Å². The molecule has 0 bridgehead atoms. The van der Waals surface area contributed by atoms with Gasteiger partial charge in [-0.15, -0.1) is 0 Å². The van der Waals surface area contributed by atoms with Gasteiger partial charge in [0.2, 0.25) is 0 Å². The zero-order valence-corrected chi connectivity index (χ0v) is 10.9. The highest BCUT2D eigenvalue weighted by atomic mass is 16.3. The van der Waals surface area contributed by atoms with Crippen molar-refractivity contribution in [3.8, 4) is 0 Å². The molecule has 100 valence electrons. The predicted octanol–water partition coefficient (Wildman–Crippen LogP) is 4.92. The quantitative estimate of drug-likeness (QED) is 0.289. The molecule has 0 fully saturated rings. The molecule has 0 saturated carbocycles. The summed E-state index contributed by atoms with van der Waals surface area (Å²) in [5.74, 6) is -0.708. The van der Waals surface area contributed by atoms with Crippen LogP contribution in [0.4, 0.5) is 0 Å². The number of rotatable bonds is 10. The number of allylic oxidation sites excluding steroid dienone is 1. The minimum Gasteiger partial charge on any atom is -0.512 e. The lowest BCUT2D eigenvalue weighted by atomic mass is 10.1. The summed E-state index contributed by atoms with van der Waals surface area (Å²) in [6, 6.07) is 0. The maximum Gasteiger partial charge on any atom is 0.192 e. The van der Waals surface area contributed by atoms with Crippen LogP contribution in [0.5, 0.6) is 0 Å². The second kappa shape index (κ2) is 11.4. The molecule has 0 aliphatic heterocycles. The molecule has 0 radical (unpaired) electrons. The van der Waals surface area contributed by atoms with E-state index in [4.69, 9.17) is 10.2 Å².